The lowest BCUT2D eigenvalue weighted by atomic mass is 9.92. The van der Waals surface area contributed by atoms with Gasteiger partial charge in [0.1, 0.15) is 17.8 Å². The molecule has 11 nitrogen and oxygen atoms in total. The van der Waals surface area contributed by atoms with Gasteiger partial charge in [0.15, 0.2) is 5.67 Å². The molecule has 4 bridgehead atoms. The van der Waals surface area contributed by atoms with Gasteiger partial charge in [-0.2, -0.15) is 0 Å². The Bertz CT molecular complexity index is 1390. The van der Waals surface area contributed by atoms with E-state index in [-0.39, 0.29) is 44.1 Å². The molecule has 4 heterocycles. The number of carbonyl (C=O) groups excluding carboxylic acids is 4. The fourth-order valence-electron chi connectivity index (χ4n) is 6.36. The van der Waals surface area contributed by atoms with Gasteiger partial charge in [0, 0.05) is 44.9 Å². The Balaban J connectivity index is 1.41. The lowest BCUT2D eigenvalue weighted by Crippen LogP contribution is -2.59. The van der Waals surface area contributed by atoms with Gasteiger partial charge in [0.25, 0.3) is 5.91 Å². The Hall–Kier alpha value is -4.06. The second kappa shape index (κ2) is 15.5. The second-order valence-electron chi connectivity index (χ2n) is 12.7. The third kappa shape index (κ3) is 8.80. The quantitative estimate of drug-likeness (QED) is 0.394. The number of pyridine rings is 1. The average Bonchev–Trinajstić information content (AvgIpc) is 3.06. The number of ether oxygens (including phenoxy) is 1. The fraction of sp³-hybridized carbons (Fsp3) is 0.559. The predicted octanol–water partition coefficient (Wildman–Crippen LogP) is 2.11. The van der Waals surface area contributed by atoms with E-state index in [1.807, 2.05) is 37.3 Å². The van der Waals surface area contributed by atoms with E-state index in [0.717, 1.165) is 36.0 Å². The van der Waals surface area contributed by atoms with Crippen molar-refractivity contribution in [2.24, 2.45) is 5.92 Å². The predicted molar refractivity (Wildman–Crippen MR) is 169 cm³/mol. The molecule has 12 heteroatoms. The number of piperidine rings is 2. The third-order valence-electron chi connectivity index (χ3n) is 9.35. The van der Waals surface area contributed by atoms with Gasteiger partial charge >= 0.3 is 0 Å². The Kier molecular flexibility index (Phi) is 11.2. The van der Waals surface area contributed by atoms with E-state index in [2.05, 4.69) is 26.3 Å². The smallest absolute Gasteiger partial charge is 0.258 e. The Labute approximate surface area is 269 Å². The van der Waals surface area contributed by atoms with Gasteiger partial charge < -0.3 is 30.9 Å². The monoisotopic (exact) mass is 636 g/mol. The summed E-state index contributed by atoms with van der Waals surface area (Å²) in [4.78, 5) is 60.1. The molecule has 0 radical (unpaired) electrons. The third-order valence-corrected chi connectivity index (χ3v) is 9.35. The highest BCUT2D eigenvalue weighted by molar-refractivity contribution is 5.96. The second-order valence-corrected chi connectivity index (χ2v) is 12.7. The van der Waals surface area contributed by atoms with Crippen LogP contribution >= 0.6 is 0 Å². The fourth-order valence-corrected chi connectivity index (χ4v) is 6.36. The lowest BCUT2D eigenvalue weighted by molar-refractivity contribution is -0.141. The Morgan fingerprint density at radius 1 is 1.11 bits per heavy atom. The van der Waals surface area contributed by atoms with Gasteiger partial charge in [-0.3, -0.25) is 24.2 Å². The first-order valence-corrected chi connectivity index (χ1v) is 16.4. The molecule has 3 aliphatic rings. The molecule has 1 aromatic carbocycles. The molecular weight excluding hydrogens is 591 g/mol. The van der Waals surface area contributed by atoms with Crippen LogP contribution in [0.5, 0.6) is 5.75 Å². The van der Waals surface area contributed by atoms with Crippen molar-refractivity contribution < 1.29 is 28.3 Å². The summed E-state index contributed by atoms with van der Waals surface area (Å²) in [5, 5.41) is 11.3. The molecule has 2 aromatic rings. The number of hydrogen-bond acceptors (Lipinski definition) is 7. The van der Waals surface area contributed by atoms with E-state index in [1.54, 1.807) is 17.3 Å². The van der Waals surface area contributed by atoms with E-state index in [1.165, 1.54) is 0 Å². The number of amides is 4. The number of aromatic nitrogens is 1. The zero-order valence-electron chi connectivity index (χ0n) is 26.5. The molecule has 0 aliphatic carbocycles. The first-order chi connectivity index (χ1) is 22.2. The summed E-state index contributed by atoms with van der Waals surface area (Å²) in [7, 11) is 0. The number of rotatable bonds is 5. The molecule has 5 rings (SSSR count). The van der Waals surface area contributed by atoms with E-state index < -0.39 is 35.5 Å². The van der Waals surface area contributed by atoms with Crippen LogP contribution in [0.1, 0.15) is 61.6 Å². The SMILES string of the molecule is Cc1ccc2cc1CNC(=O)[C@H](CCc1ccncc1)NC(=O)[C@@H](NC(=O)C1(F)CCNCC1)CC(=O)N1CCCC(CCO2)C1. The maximum Gasteiger partial charge on any atom is 0.258 e. The highest BCUT2D eigenvalue weighted by atomic mass is 19.1. The number of halogens is 1. The average molecular weight is 637 g/mol. The van der Waals surface area contributed by atoms with Crippen molar-refractivity contribution in [1.82, 2.24) is 31.2 Å². The standard InChI is InChI=1S/C34H45FN6O5/c1-23-4-6-27-19-26(23)21-38-31(43)28(7-5-24-8-13-36-14-9-24)39-32(44)29(40-33(45)34(35)11-15-37-16-12-34)20-30(42)41-17-2-3-25(22-41)10-18-46-27/h4,6,8-9,13-14,19,25,28-29,37H,2-3,5,7,10-12,15-18,20-22H2,1H3,(H,38,43)(H,39,44)(H,40,45)/t25?,28-,29-/m0/s1. The van der Waals surface area contributed by atoms with Gasteiger partial charge in [-0.1, -0.05) is 6.07 Å². The number of nitrogens with zero attached hydrogens (tertiary/aromatic N) is 2. The minimum Gasteiger partial charge on any atom is -0.494 e. The van der Waals surface area contributed by atoms with Crippen LogP contribution in [0.15, 0.2) is 42.7 Å². The zero-order chi connectivity index (χ0) is 32.5. The number of hydrogen-bond donors (Lipinski definition) is 4. The number of fused-ring (bicyclic) bond motifs is 4. The van der Waals surface area contributed by atoms with E-state index >= 15 is 4.39 Å². The van der Waals surface area contributed by atoms with Gasteiger partial charge in [0.05, 0.1) is 13.0 Å². The van der Waals surface area contributed by atoms with E-state index in [9.17, 15) is 19.2 Å². The molecule has 0 spiro atoms. The molecule has 4 N–H and O–H groups in total. The summed E-state index contributed by atoms with van der Waals surface area (Å²) >= 11 is 0. The molecule has 2 saturated heterocycles. The van der Waals surface area contributed by atoms with Crippen molar-refractivity contribution in [2.75, 3.05) is 32.8 Å². The van der Waals surface area contributed by atoms with Crippen molar-refractivity contribution >= 4 is 23.6 Å². The molecule has 2 fully saturated rings. The normalized spacial score (nSPS) is 24.4. The molecule has 3 atom stereocenters. The van der Waals surface area contributed by atoms with Crippen LogP contribution in [0.3, 0.4) is 0 Å². The summed E-state index contributed by atoms with van der Waals surface area (Å²) in [6, 6.07) is 7.12. The minimum atomic E-state index is -2.15. The molecule has 46 heavy (non-hydrogen) atoms. The van der Waals surface area contributed by atoms with Crippen molar-refractivity contribution in [1.29, 1.82) is 0 Å². The maximum absolute atomic E-state index is 15.7. The number of alkyl halides is 1. The minimum absolute atomic E-state index is 0.0332. The van der Waals surface area contributed by atoms with Gasteiger partial charge in [0.2, 0.25) is 17.7 Å². The van der Waals surface area contributed by atoms with Crippen LogP contribution < -0.4 is 26.0 Å². The van der Waals surface area contributed by atoms with E-state index in [0.29, 0.717) is 45.0 Å². The molecule has 3 aliphatic heterocycles. The number of benzene rings is 1. The van der Waals surface area contributed by atoms with Crippen molar-refractivity contribution in [3.05, 3.63) is 59.4 Å². The van der Waals surface area contributed by atoms with Crippen molar-refractivity contribution in [3.8, 4) is 5.75 Å². The van der Waals surface area contributed by atoms with Crippen molar-refractivity contribution in [3.63, 3.8) is 0 Å². The lowest BCUT2D eigenvalue weighted by Gasteiger charge is -2.34. The van der Waals surface area contributed by atoms with Crippen molar-refractivity contribution in [2.45, 2.75) is 82.6 Å². The summed E-state index contributed by atoms with van der Waals surface area (Å²) in [5.41, 5.74) is 0.659. The van der Waals surface area contributed by atoms with E-state index in [4.69, 9.17) is 4.74 Å². The molecule has 1 aromatic heterocycles. The summed E-state index contributed by atoms with van der Waals surface area (Å²) in [6.07, 6.45) is 6.16. The largest absolute Gasteiger partial charge is 0.494 e. The topological polar surface area (TPSA) is 142 Å². The van der Waals surface area contributed by atoms with Crippen LogP contribution in [-0.2, 0) is 32.1 Å². The highest BCUT2D eigenvalue weighted by Crippen LogP contribution is 2.25. The summed E-state index contributed by atoms with van der Waals surface area (Å²) in [5.74, 6) is -1.39. The number of carbonyl (C=O) groups is 4. The number of nitrogens with one attached hydrogen (secondary N) is 4. The van der Waals surface area contributed by atoms with Gasteiger partial charge in [-0.15, -0.1) is 0 Å². The van der Waals surface area contributed by atoms with Gasteiger partial charge in [-0.05, 0) is 99.0 Å². The van der Waals surface area contributed by atoms with Crippen LogP contribution in [-0.4, -0.2) is 84.1 Å². The Morgan fingerprint density at radius 3 is 2.67 bits per heavy atom. The first kappa shape index (κ1) is 33.3. The summed E-state index contributed by atoms with van der Waals surface area (Å²) < 4.78 is 21.7. The highest BCUT2D eigenvalue weighted by Gasteiger charge is 2.42. The molecule has 4 amide bonds. The van der Waals surface area contributed by atoms with Crippen LogP contribution in [0.4, 0.5) is 4.39 Å². The van der Waals surface area contributed by atoms with Gasteiger partial charge in [-0.25, -0.2) is 4.39 Å². The molecule has 1 unspecified atom stereocenters. The first-order valence-electron chi connectivity index (χ1n) is 16.4. The Morgan fingerprint density at radius 2 is 1.89 bits per heavy atom. The zero-order valence-corrected chi connectivity index (χ0v) is 26.5. The van der Waals surface area contributed by atoms with Crippen LogP contribution in [0, 0.1) is 12.8 Å². The maximum atomic E-state index is 15.7. The molecule has 248 valence electrons. The van der Waals surface area contributed by atoms with Crippen LogP contribution in [0.25, 0.3) is 0 Å². The molecule has 0 saturated carbocycles. The van der Waals surface area contributed by atoms with Crippen LogP contribution in [0.2, 0.25) is 0 Å². The summed E-state index contributed by atoms with van der Waals surface area (Å²) in [6.45, 7) is 4.37. The number of aryl methyl sites for hydroxylation is 2. The molecular formula is C34H45FN6O5.